The van der Waals surface area contributed by atoms with E-state index in [0.29, 0.717) is 17.9 Å². The van der Waals surface area contributed by atoms with Gasteiger partial charge in [-0.3, -0.25) is 4.57 Å². The van der Waals surface area contributed by atoms with E-state index in [9.17, 15) is 12.8 Å². The highest BCUT2D eigenvalue weighted by atomic mass is 35.5. The van der Waals surface area contributed by atoms with Crippen molar-refractivity contribution >= 4 is 21.4 Å². The van der Waals surface area contributed by atoms with Crippen LogP contribution in [-0.2, 0) is 20.3 Å². The largest absolute Gasteiger partial charge is 0.479 e. The molecule has 1 fully saturated rings. The maximum absolute atomic E-state index is 14.4. The van der Waals surface area contributed by atoms with Crippen LogP contribution in [0, 0.1) is 0 Å². The standard InChI is InChI=1S/C21H25ClFN7O5S/c1-11(17(33-2)18-24-7-12(22)8-25-18)36(31,32)9-15-28-29-19(13-5-6-14(13)23)30(15)16-20(34-3)26-10-27-21(16)35-4/h7-8,10-11,13-14,17H,5-6,9H2,1-4H3/t11-,13+,14+,17-/m0/s1. The van der Waals surface area contributed by atoms with E-state index in [2.05, 4.69) is 30.1 Å². The molecule has 1 saturated carbocycles. The molecule has 3 aromatic rings. The van der Waals surface area contributed by atoms with Crippen molar-refractivity contribution in [3.05, 3.63) is 41.2 Å². The third kappa shape index (κ3) is 4.84. The Kier molecular flexibility index (Phi) is 7.66. The van der Waals surface area contributed by atoms with Gasteiger partial charge in [-0.05, 0) is 19.8 Å². The SMILES string of the molecule is COc1ncnc(OC)c1-n1c(CS(=O)(=O)[C@@H](C)[C@H](OC)c2ncc(Cl)cn2)nnc1[C@@H]1CC[C@H]1F. The van der Waals surface area contributed by atoms with Gasteiger partial charge < -0.3 is 14.2 Å². The molecule has 4 atom stereocenters. The van der Waals surface area contributed by atoms with Crippen LogP contribution in [0.4, 0.5) is 4.39 Å². The fourth-order valence-electron chi connectivity index (χ4n) is 3.97. The molecule has 194 valence electrons. The van der Waals surface area contributed by atoms with Gasteiger partial charge in [0.15, 0.2) is 27.2 Å². The lowest BCUT2D eigenvalue weighted by Crippen LogP contribution is -2.31. The number of aromatic nitrogens is 7. The molecule has 0 saturated heterocycles. The van der Waals surface area contributed by atoms with Crippen molar-refractivity contribution in [1.29, 1.82) is 0 Å². The van der Waals surface area contributed by atoms with Gasteiger partial charge in [-0.25, -0.2) is 22.8 Å². The summed E-state index contributed by atoms with van der Waals surface area (Å²) in [5.41, 5.74) is 0.184. The first-order valence-corrected chi connectivity index (χ1v) is 13.0. The lowest BCUT2D eigenvalue weighted by atomic mass is 9.82. The summed E-state index contributed by atoms with van der Waals surface area (Å²) >= 11 is 5.86. The molecule has 0 amide bonds. The fourth-order valence-corrected chi connectivity index (χ4v) is 5.49. The minimum absolute atomic E-state index is 0.0224. The molecular weight excluding hydrogens is 517 g/mol. The van der Waals surface area contributed by atoms with Crippen LogP contribution < -0.4 is 9.47 Å². The third-order valence-corrected chi connectivity index (χ3v) is 8.35. The fraction of sp³-hybridized carbons (Fsp3) is 0.524. The lowest BCUT2D eigenvalue weighted by molar-refractivity contribution is 0.0948. The molecule has 36 heavy (non-hydrogen) atoms. The minimum Gasteiger partial charge on any atom is -0.479 e. The zero-order valence-corrected chi connectivity index (χ0v) is 21.6. The molecule has 3 aromatic heterocycles. The highest BCUT2D eigenvalue weighted by Gasteiger charge is 2.40. The van der Waals surface area contributed by atoms with Gasteiger partial charge in [0.1, 0.15) is 30.2 Å². The van der Waals surface area contributed by atoms with Crippen molar-refractivity contribution in [2.75, 3.05) is 21.3 Å². The Labute approximate surface area is 212 Å². The highest BCUT2D eigenvalue weighted by Crippen LogP contribution is 2.42. The molecule has 0 spiro atoms. The number of hydrogen-bond donors (Lipinski definition) is 0. The van der Waals surface area contributed by atoms with Crippen LogP contribution in [0.2, 0.25) is 5.02 Å². The molecule has 12 nitrogen and oxygen atoms in total. The minimum atomic E-state index is -3.94. The van der Waals surface area contributed by atoms with Crippen LogP contribution in [0.15, 0.2) is 18.7 Å². The maximum Gasteiger partial charge on any atom is 0.245 e. The first-order chi connectivity index (χ1) is 17.2. The molecule has 1 aliphatic carbocycles. The van der Waals surface area contributed by atoms with Crippen molar-refractivity contribution in [3.8, 4) is 17.4 Å². The van der Waals surface area contributed by atoms with Crippen molar-refractivity contribution in [1.82, 2.24) is 34.7 Å². The van der Waals surface area contributed by atoms with Crippen LogP contribution in [0.5, 0.6) is 11.8 Å². The van der Waals surface area contributed by atoms with Gasteiger partial charge in [0.05, 0.1) is 30.4 Å². The molecular formula is C21H25ClFN7O5S. The van der Waals surface area contributed by atoms with Crippen LogP contribution in [-0.4, -0.2) is 75.9 Å². The topological polar surface area (TPSA) is 144 Å². The zero-order valence-electron chi connectivity index (χ0n) is 20.0. The van der Waals surface area contributed by atoms with Gasteiger partial charge in [0.25, 0.3) is 0 Å². The number of rotatable bonds is 10. The van der Waals surface area contributed by atoms with E-state index >= 15 is 0 Å². The Hall–Kier alpha value is -2.97. The molecule has 4 rings (SSSR count). The molecule has 15 heteroatoms. The zero-order chi connectivity index (χ0) is 26.0. The van der Waals surface area contributed by atoms with E-state index in [0.717, 1.165) is 0 Å². The summed E-state index contributed by atoms with van der Waals surface area (Å²) in [4.78, 5) is 16.4. The van der Waals surface area contributed by atoms with Crippen LogP contribution in [0.1, 0.15) is 49.3 Å². The molecule has 0 unspecified atom stereocenters. The van der Waals surface area contributed by atoms with Crippen molar-refractivity contribution < 1.29 is 27.0 Å². The Morgan fingerprint density at radius 3 is 2.22 bits per heavy atom. The number of ether oxygens (including phenoxy) is 3. The Morgan fingerprint density at radius 2 is 1.72 bits per heavy atom. The molecule has 3 heterocycles. The smallest absolute Gasteiger partial charge is 0.245 e. The van der Waals surface area contributed by atoms with Gasteiger partial charge in [0, 0.05) is 19.5 Å². The molecule has 0 aromatic carbocycles. The maximum atomic E-state index is 14.4. The first-order valence-electron chi connectivity index (χ1n) is 10.9. The Balaban J connectivity index is 1.78. The summed E-state index contributed by atoms with van der Waals surface area (Å²) in [6.07, 6.45) is 2.74. The number of hydrogen-bond acceptors (Lipinski definition) is 11. The number of sulfone groups is 1. The van der Waals surface area contributed by atoms with Crippen LogP contribution in [0.3, 0.4) is 0 Å². The van der Waals surface area contributed by atoms with E-state index in [-0.39, 0.29) is 34.9 Å². The average molecular weight is 542 g/mol. The summed E-state index contributed by atoms with van der Waals surface area (Å²) in [5, 5.41) is 7.52. The molecule has 0 radical (unpaired) electrons. The summed E-state index contributed by atoms with van der Waals surface area (Å²) < 4.78 is 59.2. The van der Waals surface area contributed by atoms with Crippen LogP contribution in [0.25, 0.3) is 5.69 Å². The van der Waals surface area contributed by atoms with Crippen molar-refractivity contribution in [3.63, 3.8) is 0 Å². The number of methoxy groups -OCH3 is 3. The normalized spacial score (nSPS) is 19.4. The predicted octanol–water partition coefficient (Wildman–Crippen LogP) is 2.42. The van der Waals surface area contributed by atoms with E-state index < -0.39 is 39.0 Å². The van der Waals surface area contributed by atoms with Gasteiger partial charge >= 0.3 is 0 Å². The Bertz CT molecular complexity index is 1300. The molecule has 0 aliphatic heterocycles. The van der Waals surface area contributed by atoms with E-state index in [1.54, 1.807) is 0 Å². The summed E-state index contributed by atoms with van der Waals surface area (Å²) in [7, 11) is 0.207. The number of halogens is 2. The summed E-state index contributed by atoms with van der Waals surface area (Å²) in [6.45, 7) is 1.49. The van der Waals surface area contributed by atoms with Gasteiger partial charge in [-0.2, -0.15) is 9.97 Å². The van der Waals surface area contributed by atoms with Crippen molar-refractivity contribution in [2.45, 2.75) is 49.0 Å². The van der Waals surface area contributed by atoms with Gasteiger partial charge in [0.2, 0.25) is 11.8 Å². The number of nitrogens with zero attached hydrogens (tertiary/aromatic N) is 7. The van der Waals surface area contributed by atoms with Gasteiger partial charge in [-0.15, -0.1) is 10.2 Å². The van der Waals surface area contributed by atoms with E-state index in [4.69, 9.17) is 25.8 Å². The predicted molar refractivity (Wildman–Crippen MR) is 126 cm³/mol. The average Bonchev–Trinajstić information content (AvgIpc) is 3.24. The first kappa shape index (κ1) is 26.1. The van der Waals surface area contributed by atoms with E-state index in [1.807, 2.05) is 0 Å². The Morgan fingerprint density at radius 1 is 1.08 bits per heavy atom. The highest BCUT2D eigenvalue weighted by molar-refractivity contribution is 7.91. The second-order valence-electron chi connectivity index (χ2n) is 8.18. The monoisotopic (exact) mass is 541 g/mol. The third-order valence-electron chi connectivity index (χ3n) is 6.11. The summed E-state index contributed by atoms with van der Waals surface area (Å²) in [6, 6.07) is 0. The molecule has 0 N–H and O–H groups in total. The van der Waals surface area contributed by atoms with Crippen molar-refractivity contribution in [2.24, 2.45) is 0 Å². The van der Waals surface area contributed by atoms with Crippen LogP contribution >= 0.6 is 11.6 Å². The molecule has 0 bridgehead atoms. The quantitative estimate of drug-likeness (QED) is 0.373. The second kappa shape index (κ2) is 10.6. The summed E-state index contributed by atoms with van der Waals surface area (Å²) in [5.74, 6) is -0.525. The second-order valence-corrected chi connectivity index (χ2v) is 11.0. The molecule has 1 aliphatic rings. The number of alkyl halides is 1. The lowest BCUT2D eigenvalue weighted by Gasteiger charge is -2.30. The van der Waals surface area contributed by atoms with Gasteiger partial charge in [-0.1, -0.05) is 11.6 Å². The van der Waals surface area contributed by atoms with E-state index in [1.165, 1.54) is 51.5 Å².